The van der Waals surface area contributed by atoms with Crippen LogP contribution in [-0.2, 0) is 16.2 Å². The Balaban J connectivity index is 1.64. The van der Waals surface area contributed by atoms with Crippen LogP contribution in [0.25, 0.3) is 11.1 Å². The Hall–Kier alpha value is -3.37. The number of halogens is 3. The van der Waals surface area contributed by atoms with Gasteiger partial charge in [-0.2, -0.15) is 13.2 Å². The summed E-state index contributed by atoms with van der Waals surface area (Å²) in [5.41, 5.74) is 0.408. The van der Waals surface area contributed by atoms with E-state index in [1.54, 1.807) is 18.2 Å². The van der Waals surface area contributed by atoms with Gasteiger partial charge in [0.05, 0.1) is 23.3 Å². The lowest BCUT2D eigenvalue weighted by molar-refractivity contribution is -0.137. The molecular weight excluding hydrogens is 469 g/mol. The van der Waals surface area contributed by atoms with Crippen LogP contribution < -0.4 is 14.8 Å². The van der Waals surface area contributed by atoms with Crippen molar-refractivity contribution in [2.24, 2.45) is 0 Å². The predicted octanol–water partition coefficient (Wildman–Crippen LogP) is 5.07. The van der Waals surface area contributed by atoms with Crippen molar-refractivity contribution in [3.8, 4) is 16.9 Å². The van der Waals surface area contributed by atoms with Crippen molar-refractivity contribution < 1.29 is 31.1 Å². The Labute approximate surface area is 194 Å². The summed E-state index contributed by atoms with van der Waals surface area (Å²) in [7, 11) is -2.37. The molecule has 4 rings (SSSR count). The fraction of sp³-hybridized carbons (Fsp3) is 0.208. The average molecular weight is 491 g/mol. The first-order valence-electron chi connectivity index (χ1n) is 10.4. The number of benzene rings is 3. The van der Waals surface area contributed by atoms with Crippen LogP contribution in [0.15, 0.2) is 71.6 Å². The van der Waals surface area contributed by atoms with Crippen molar-refractivity contribution in [2.75, 3.05) is 12.4 Å². The summed E-state index contributed by atoms with van der Waals surface area (Å²) in [5, 5.41) is 2.67. The number of rotatable bonds is 7. The third kappa shape index (κ3) is 5.23. The minimum atomic E-state index is -4.47. The number of amides is 1. The maximum atomic E-state index is 13.1. The normalized spacial score (nSPS) is 14.0. The van der Waals surface area contributed by atoms with Gasteiger partial charge >= 0.3 is 6.18 Å². The first kappa shape index (κ1) is 23.8. The standard InChI is InChI=1S/C24H21F3N2O4S/c1-33-22-13-12-18(34(31,32)29-17-10-11-17)14-21(22)28-23(30)20-5-3-2-4-19(20)15-6-8-16(9-7-15)24(25,26)27/h2-9,12-14,17,29H,10-11H2,1H3,(H,28,30). The van der Waals surface area contributed by atoms with Gasteiger partial charge in [-0.3, -0.25) is 4.79 Å². The van der Waals surface area contributed by atoms with Gasteiger partial charge in [0.1, 0.15) is 5.75 Å². The highest BCUT2D eigenvalue weighted by atomic mass is 32.2. The van der Waals surface area contributed by atoms with Crippen molar-refractivity contribution >= 4 is 21.6 Å². The van der Waals surface area contributed by atoms with Crippen molar-refractivity contribution in [3.05, 3.63) is 77.9 Å². The van der Waals surface area contributed by atoms with Gasteiger partial charge < -0.3 is 10.1 Å². The first-order chi connectivity index (χ1) is 16.1. The highest BCUT2D eigenvalue weighted by molar-refractivity contribution is 7.89. The fourth-order valence-corrected chi connectivity index (χ4v) is 4.73. The van der Waals surface area contributed by atoms with E-state index in [0.717, 1.165) is 25.0 Å². The molecule has 1 aliphatic rings. The first-order valence-corrected chi connectivity index (χ1v) is 11.9. The zero-order valence-electron chi connectivity index (χ0n) is 18.0. The van der Waals surface area contributed by atoms with Gasteiger partial charge in [0.2, 0.25) is 10.0 Å². The second-order valence-corrected chi connectivity index (χ2v) is 9.55. The highest BCUT2D eigenvalue weighted by Crippen LogP contribution is 2.33. The zero-order chi connectivity index (χ0) is 24.5. The lowest BCUT2D eigenvalue weighted by atomic mass is 9.98. The summed E-state index contributed by atoms with van der Waals surface area (Å²) in [4.78, 5) is 13.1. The van der Waals surface area contributed by atoms with Gasteiger partial charge in [0.25, 0.3) is 5.91 Å². The largest absolute Gasteiger partial charge is 0.495 e. The van der Waals surface area contributed by atoms with Crippen LogP contribution in [-0.4, -0.2) is 27.5 Å². The van der Waals surface area contributed by atoms with E-state index >= 15 is 0 Å². The quantitative estimate of drug-likeness (QED) is 0.484. The summed E-state index contributed by atoms with van der Waals surface area (Å²) in [6, 6.07) is 15.0. The monoisotopic (exact) mass is 490 g/mol. The Morgan fingerprint density at radius 3 is 2.29 bits per heavy atom. The molecule has 0 bridgehead atoms. The van der Waals surface area contributed by atoms with Gasteiger partial charge in [-0.05, 0) is 60.4 Å². The number of ether oxygens (including phenoxy) is 1. The summed E-state index contributed by atoms with van der Waals surface area (Å²) < 4.78 is 71.7. The smallest absolute Gasteiger partial charge is 0.416 e. The summed E-state index contributed by atoms with van der Waals surface area (Å²) >= 11 is 0. The van der Waals surface area contributed by atoms with E-state index in [0.29, 0.717) is 11.1 Å². The van der Waals surface area contributed by atoms with Gasteiger partial charge in [-0.15, -0.1) is 0 Å². The maximum absolute atomic E-state index is 13.1. The van der Waals surface area contributed by atoms with Crippen LogP contribution >= 0.6 is 0 Å². The Morgan fingerprint density at radius 1 is 1.00 bits per heavy atom. The molecule has 0 aromatic heterocycles. The molecule has 0 unspecified atom stereocenters. The van der Waals surface area contributed by atoms with E-state index in [-0.39, 0.29) is 27.9 Å². The van der Waals surface area contributed by atoms with Crippen molar-refractivity contribution in [2.45, 2.75) is 30.0 Å². The van der Waals surface area contributed by atoms with E-state index < -0.39 is 27.7 Å². The van der Waals surface area contributed by atoms with Crippen LogP contribution in [0.4, 0.5) is 18.9 Å². The van der Waals surface area contributed by atoms with Crippen LogP contribution in [0.3, 0.4) is 0 Å². The lowest BCUT2D eigenvalue weighted by Gasteiger charge is -2.15. The number of hydrogen-bond donors (Lipinski definition) is 2. The zero-order valence-corrected chi connectivity index (χ0v) is 18.8. The molecule has 178 valence electrons. The number of sulfonamides is 1. The Kier molecular flexibility index (Phi) is 6.37. The molecule has 1 saturated carbocycles. The molecule has 2 N–H and O–H groups in total. The highest BCUT2D eigenvalue weighted by Gasteiger charge is 2.30. The van der Waals surface area contributed by atoms with E-state index in [1.807, 2.05) is 0 Å². The Bertz CT molecular complexity index is 1320. The molecule has 34 heavy (non-hydrogen) atoms. The molecule has 0 saturated heterocycles. The molecule has 0 atom stereocenters. The number of carbonyl (C=O) groups excluding carboxylic acids is 1. The molecule has 1 amide bonds. The lowest BCUT2D eigenvalue weighted by Crippen LogP contribution is -2.26. The van der Waals surface area contributed by atoms with Crippen molar-refractivity contribution in [3.63, 3.8) is 0 Å². The minimum absolute atomic E-state index is 0.0217. The van der Waals surface area contributed by atoms with E-state index in [4.69, 9.17) is 4.74 Å². The molecule has 1 fully saturated rings. The average Bonchev–Trinajstić information content (AvgIpc) is 3.62. The minimum Gasteiger partial charge on any atom is -0.495 e. The molecule has 6 nitrogen and oxygen atoms in total. The second kappa shape index (κ2) is 9.11. The van der Waals surface area contributed by atoms with Gasteiger partial charge in [0, 0.05) is 11.6 Å². The topological polar surface area (TPSA) is 84.5 Å². The van der Waals surface area contributed by atoms with Crippen LogP contribution in [0.5, 0.6) is 5.75 Å². The molecule has 3 aromatic carbocycles. The van der Waals surface area contributed by atoms with E-state index in [2.05, 4.69) is 10.0 Å². The van der Waals surface area contributed by atoms with Crippen LogP contribution in [0.2, 0.25) is 0 Å². The second-order valence-electron chi connectivity index (χ2n) is 7.83. The van der Waals surface area contributed by atoms with Crippen LogP contribution in [0, 0.1) is 0 Å². The molecule has 0 aliphatic heterocycles. The number of hydrogen-bond acceptors (Lipinski definition) is 4. The molecule has 1 aliphatic carbocycles. The van der Waals surface area contributed by atoms with E-state index in [9.17, 15) is 26.4 Å². The number of alkyl halides is 3. The Morgan fingerprint density at radius 2 is 1.68 bits per heavy atom. The van der Waals surface area contributed by atoms with E-state index in [1.165, 1.54) is 43.5 Å². The molecule has 0 heterocycles. The number of anilines is 1. The van der Waals surface area contributed by atoms with Crippen LogP contribution in [0.1, 0.15) is 28.8 Å². The van der Waals surface area contributed by atoms with Gasteiger partial charge in [-0.1, -0.05) is 30.3 Å². The molecule has 10 heteroatoms. The van der Waals surface area contributed by atoms with Gasteiger partial charge in [-0.25, -0.2) is 13.1 Å². The predicted molar refractivity (Wildman–Crippen MR) is 121 cm³/mol. The summed E-state index contributed by atoms with van der Waals surface area (Å²) in [6.45, 7) is 0. The van der Waals surface area contributed by atoms with Gasteiger partial charge in [0.15, 0.2) is 0 Å². The third-order valence-electron chi connectivity index (χ3n) is 5.32. The molecule has 0 radical (unpaired) electrons. The van der Waals surface area contributed by atoms with Crippen molar-refractivity contribution in [1.29, 1.82) is 0 Å². The fourth-order valence-electron chi connectivity index (χ4n) is 3.40. The third-order valence-corrected chi connectivity index (χ3v) is 6.84. The van der Waals surface area contributed by atoms with Crippen molar-refractivity contribution in [1.82, 2.24) is 4.72 Å². The summed E-state index contributed by atoms with van der Waals surface area (Å²) in [5.74, 6) is -0.316. The number of methoxy groups -OCH3 is 1. The molecule has 3 aromatic rings. The maximum Gasteiger partial charge on any atom is 0.416 e. The SMILES string of the molecule is COc1ccc(S(=O)(=O)NC2CC2)cc1NC(=O)c1ccccc1-c1ccc(C(F)(F)F)cc1. The number of carbonyl (C=O) groups is 1. The molecule has 0 spiro atoms. The summed E-state index contributed by atoms with van der Waals surface area (Å²) in [6.07, 6.45) is -2.91. The molecular formula is C24H21F3N2O4S. The number of nitrogens with one attached hydrogen (secondary N) is 2.